The van der Waals surface area contributed by atoms with Crippen molar-refractivity contribution in [2.24, 2.45) is 0 Å². The summed E-state index contributed by atoms with van der Waals surface area (Å²) in [6.45, 7) is 9.97. The van der Waals surface area contributed by atoms with Gasteiger partial charge in [0.05, 0.1) is 12.2 Å². The van der Waals surface area contributed by atoms with Crippen LogP contribution in [0.2, 0.25) is 0 Å². The van der Waals surface area contributed by atoms with Crippen molar-refractivity contribution in [2.75, 3.05) is 0 Å². The predicted octanol–water partition coefficient (Wildman–Crippen LogP) is 2.88. The summed E-state index contributed by atoms with van der Waals surface area (Å²) < 4.78 is 5.70. The molecule has 0 amide bonds. The van der Waals surface area contributed by atoms with E-state index >= 15 is 0 Å². The minimum atomic E-state index is -0.837. The zero-order valence-electron chi connectivity index (χ0n) is 12.4. The molecule has 2 N–H and O–H groups in total. The molecule has 0 saturated heterocycles. The van der Waals surface area contributed by atoms with Crippen molar-refractivity contribution in [3.63, 3.8) is 0 Å². The van der Waals surface area contributed by atoms with Crippen LogP contribution in [-0.4, -0.2) is 22.1 Å². The van der Waals surface area contributed by atoms with Crippen molar-refractivity contribution in [1.82, 2.24) is 10.3 Å². The van der Waals surface area contributed by atoms with Gasteiger partial charge in [0.1, 0.15) is 11.8 Å². The Hall–Kier alpha value is -1.36. The normalized spacial score (nSPS) is 15.2. The highest BCUT2D eigenvalue weighted by Crippen LogP contribution is 2.25. The van der Waals surface area contributed by atoms with Crippen LogP contribution >= 0.6 is 0 Å². The number of aromatic nitrogens is 1. The summed E-state index contributed by atoms with van der Waals surface area (Å²) in [6, 6.07) is -0.784. The van der Waals surface area contributed by atoms with E-state index in [4.69, 9.17) is 9.52 Å². The fraction of sp³-hybridized carbons (Fsp3) is 0.714. The van der Waals surface area contributed by atoms with E-state index in [1.807, 2.05) is 34.6 Å². The van der Waals surface area contributed by atoms with Gasteiger partial charge >= 0.3 is 5.97 Å². The summed E-state index contributed by atoms with van der Waals surface area (Å²) in [4.78, 5) is 15.3. The lowest BCUT2D eigenvalue weighted by Gasteiger charge is -2.18. The van der Waals surface area contributed by atoms with Gasteiger partial charge in [0.15, 0.2) is 0 Å². The Morgan fingerprint density at radius 2 is 2.16 bits per heavy atom. The highest BCUT2D eigenvalue weighted by atomic mass is 16.4. The molecule has 0 fully saturated rings. The third-order valence-corrected chi connectivity index (χ3v) is 2.96. The quantitative estimate of drug-likeness (QED) is 0.829. The Kier molecular flexibility index (Phi) is 5.11. The van der Waals surface area contributed by atoms with E-state index in [-0.39, 0.29) is 11.5 Å². The molecule has 5 nitrogen and oxygen atoms in total. The fourth-order valence-electron chi connectivity index (χ4n) is 1.77. The Labute approximate surface area is 114 Å². The van der Waals surface area contributed by atoms with Crippen molar-refractivity contribution in [3.05, 3.63) is 17.8 Å². The van der Waals surface area contributed by atoms with Gasteiger partial charge in [0, 0.05) is 5.41 Å². The average Bonchev–Trinajstić information content (AvgIpc) is 2.76. The van der Waals surface area contributed by atoms with E-state index in [1.54, 1.807) is 6.20 Å². The topological polar surface area (TPSA) is 75.4 Å². The van der Waals surface area contributed by atoms with Crippen molar-refractivity contribution in [3.8, 4) is 0 Å². The standard InChI is InChI=1S/C14H24N2O3/c1-6-7-10(13(17)18)16-9(2)12-15-8-11(19-12)14(3,4)5/h8-10,16H,6-7H2,1-5H3,(H,17,18). The Bertz CT molecular complexity index is 421. The molecule has 2 unspecified atom stereocenters. The van der Waals surface area contributed by atoms with Crippen molar-refractivity contribution >= 4 is 5.97 Å². The predicted molar refractivity (Wildman–Crippen MR) is 73.1 cm³/mol. The third kappa shape index (κ3) is 4.35. The molecule has 0 radical (unpaired) electrons. The van der Waals surface area contributed by atoms with Crippen LogP contribution in [0.3, 0.4) is 0 Å². The van der Waals surface area contributed by atoms with Crippen molar-refractivity contribution in [2.45, 2.75) is 65.0 Å². The lowest BCUT2D eigenvalue weighted by atomic mass is 9.94. The van der Waals surface area contributed by atoms with E-state index in [0.717, 1.165) is 12.2 Å². The second-order valence-corrected chi connectivity index (χ2v) is 5.88. The second kappa shape index (κ2) is 6.19. The van der Waals surface area contributed by atoms with E-state index in [1.165, 1.54) is 0 Å². The highest BCUT2D eigenvalue weighted by Gasteiger charge is 2.24. The average molecular weight is 268 g/mol. The monoisotopic (exact) mass is 268 g/mol. The first-order valence-electron chi connectivity index (χ1n) is 6.70. The maximum absolute atomic E-state index is 11.1. The van der Waals surface area contributed by atoms with E-state index in [0.29, 0.717) is 12.3 Å². The van der Waals surface area contributed by atoms with Gasteiger partial charge in [-0.2, -0.15) is 0 Å². The summed E-state index contributed by atoms with van der Waals surface area (Å²) in [5, 5.41) is 12.2. The van der Waals surface area contributed by atoms with Gasteiger partial charge < -0.3 is 9.52 Å². The van der Waals surface area contributed by atoms with Crippen molar-refractivity contribution in [1.29, 1.82) is 0 Å². The summed E-state index contributed by atoms with van der Waals surface area (Å²) in [5.74, 6) is 0.502. The van der Waals surface area contributed by atoms with Crippen LogP contribution in [0.4, 0.5) is 0 Å². The van der Waals surface area contributed by atoms with Crippen LogP contribution in [0.25, 0.3) is 0 Å². The van der Waals surface area contributed by atoms with Gasteiger partial charge in [0.25, 0.3) is 0 Å². The minimum absolute atomic E-state index is 0.0966. The zero-order valence-corrected chi connectivity index (χ0v) is 12.4. The first-order chi connectivity index (χ1) is 8.75. The number of oxazole rings is 1. The molecule has 0 bridgehead atoms. The number of carboxylic acids is 1. The molecule has 1 heterocycles. The van der Waals surface area contributed by atoms with Gasteiger partial charge in [-0.1, -0.05) is 34.1 Å². The minimum Gasteiger partial charge on any atom is -0.480 e. The van der Waals surface area contributed by atoms with Crippen LogP contribution in [0.15, 0.2) is 10.6 Å². The highest BCUT2D eigenvalue weighted by molar-refractivity contribution is 5.73. The Morgan fingerprint density at radius 3 is 2.58 bits per heavy atom. The first-order valence-corrected chi connectivity index (χ1v) is 6.70. The molecule has 1 rings (SSSR count). The van der Waals surface area contributed by atoms with Gasteiger partial charge in [-0.25, -0.2) is 4.98 Å². The molecule has 2 atom stereocenters. The third-order valence-electron chi connectivity index (χ3n) is 2.96. The fourth-order valence-corrected chi connectivity index (χ4v) is 1.77. The van der Waals surface area contributed by atoms with Crippen LogP contribution in [0.1, 0.15) is 65.2 Å². The molecule has 0 aliphatic carbocycles. The van der Waals surface area contributed by atoms with Gasteiger partial charge in [-0.3, -0.25) is 10.1 Å². The number of hydrogen-bond donors (Lipinski definition) is 2. The smallest absolute Gasteiger partial charge is 0.320 e. The van der Waals surface area contributed by atoms with Crippen LogP contribution in [-0.2, 0) is 10.2 Å². The molecule has 1 aromatic rings. The van der Waals surface area contributed by atoms with Gasteiger partial charge in [-0.05, 0) is 13.3 Å². The number of carboxylic acid groups (broad SMARTS) is 1. The van der Waals surface area contributed by atoms with Crippen LogP contribution in [0, 0.1) is 0 Å². The Morgan fingerprint density at radius 1 is 1.53 bits per heavy atom. The molecular formula is C14H24N2O3. The van der Waals surface area contributed by atoms with E-state index in [2.05, 4.69) is 10.3 Å². The molecule has 0 aromatic carbocycles. The number of nitrogens with zero attached hydrogens (tertiary/aromatic N) is 1. The largest absolute Gasteiger partial charge is 0.480 e. The second-order valence-electron chi connectivity index (χ2n) is 5.88. The maximum atomic E-state index is 11.1. The maximum Gasteiger partial charge on any atom is 0.320 e. The molecular weight excluding hydrogens is 244 g/mol. The van der Waals surface area contributed by atoms with E-state index in [9.17, 15) is 4.79 Å². The summed E-state index contributed by atoms with van der Waals surface area (Å²) in [6.07, 6.45) is 3.12. The molecule has 108 valence electrons. The molecule has 0 saturated carbocycles. The number of rotatable bonds is 6. The lowest BCUT2D eigenvalue weighted by Crippen LogP contribution is -2.38. The van der Waals surface area contributed by atoms with Crippen LogP contribution < -0.4 is 5.32 Å². The molecule has 0 spiro atoms. The number of carbonyl (C=O) groups is 1. The Balaban J connectivity index is 2.74. The van der Waals surface area contributed by atoms with E-state index < -0.39 is 12.0 Å². The summed E-state index contributed by atoms with van der Waals surface area (Å²) in [5.41, 5.74) is -0.0966. The zero-order chi connectivity index (χ0) is 14.6. The summed E-state index contributed by atoms with van der Waals surface area (Å²) >= 11 is 0. The molecule has 19 heavy (non-hydrogen) atoms. The number of nitrogens with one attached hydrogen (secondary N) is 1. The SMILES string of the molecule is CCCC(NC(C)c1ncc(C(C)(C)C)o1)C(=O)O. The van der Waals surface area contributed by atoms with Gasteiger partial charge in [-0.15, -0.1) is 0 Å². The number of aliphatic carboxylic acids is 1. The lowest BCUT2D eigenvalue weighted by molar-refractivity contribution is -0.139. The first kappa shape index (κ1) is 15.7. The number of hydrogen-bond acceptors (Lipinski definition) is 4. The molecule has 0 aliphatic rings. The van der Waals surface area contributed by atoms with Crippen molar-refractivity contribution < 1.29 is 14.3 Å². The molecule has 1 aromatic heterocycles. The van der Waals surface area contributed by atoms with Gasteiger partial charge in [0.2, 0.25) is 5.89 Å². The van der Waals surface area contributed by atoms with Crippen LogP contribution in [0.5, 0.6) is 0 Å². The summed E-state index contributed by atoms with van der Waals surface area (Å²) in [7, 11) is 0. The molecule has 5 heteroatoms. The molecule has 0 aliphatic heterocycles.